The van der Waals surface area contributed by atoms with Gasteiger partial charge in [0.1, 0.15) is 0 Å². The van der Waals surface area contributed by atoms with Crippen LogP contribution >= 0.6 is 0 Å². The molecule has 3 aliphatic rings. The van der Waals surface area contributed by atoms with Crippen LogP contribution in [-0.4, -0.2) is 53.6 Å². The largest absolute Gasteiger partial charge is 0.339 e. The number of hydrogen-bond donors (Lipinski definition) is 0. The standard InChI is InChI=1S/C23H29F2N3O/c1-16-19(15-21(26-16)18-7-6-8-20(24)22(18)25)23(29)28-13-9-17(10-14-28)27-11-4-2-3-5-12-27/h6-8,17H,2-5,9-15H2,1H3. The van der Waals surface area contributed by atoms with Crippen LogP contribution in [0.3, 0.4) is 0 Å². The van der Waals surface area contributed by atoms with Crippen molar-refractivity contribution in [3.8, 4) is 0 Å². The van der Waals surface area contributed by atoms with E-state index in [1.54, 1.807) is 6.92 Å². The highest BCUT2D eigenvalue weighted by Gasteiger charge is 2.31. The lowest BCUT2D eigenvalue weighted by Gasteiger charge is -2.38. The van der Waals surface area contributed by atoms with Crippen molar-refractivity contribution in [1.29, 1.82) is 0 Å². The first kappa shape index (κ1) is 20.2. The molecule has 1 aromatic carbocycles. The smallest absolute Gasteiger partial charge is 0.252 e. The zero-order valence-electron chi connectivity index (χ0n) is 17.1. The highest BCUT2D eigenvalue weighted by molar-refractivity contribution is 6.11. The highest BCUT2D eigenvalue weighted by atomic mass is 19.2. The van der Waals surface area contributed by atoms with Crippen LogP contribution in [0.25, 0.3) is 0 Å². The number of aliphatic imine (C=N–C) groups is 1. The van der Waals surface area contributed by atoms with Crippen LogP contribution in [0.2, 0.25) is 0 Å². The first-order valence-corrected chi connectivity index (χ1v) is 10.8. The summed E-state index contributed by atoms with van der Waals surface area (Å²) in [6.07, 6.45) is 7.49. The van der Waals surface area contributed by atoms with Gasteiger partial charge in [-0.3, -0.25) is 9.79 Å². The normalized spacial score (nSPS) is 22.0. The highest BCUT2D eigenvalue weighted by Crippen LogP contribution is 2.28. The fourth-order valence-electron chi connectivity index (χ4n) is 4.80. The number of halogens is 2. The monoisotopic (exact) mass is 401 g/mol. The number of benzene rings is 1. The van der Waals surface area contributed by atoms with Gasteiger partial charge in [0.2, 0.25) is 0 Å². The molecule has 0 N–H and O–H groups in total. The van der Waals surface area contributed by atoms with Crippen LogP contribution < -0.4 is 0 Å². The molecule has 0 bridgehead atoms. The van der Waals surface area contributed by atoms with Crippen molar-refractivity contribution in [2.45, 2.75) is 57.9 Å². The molecule has 4 nitrogen and oxygen atoms in total. The first-order chi connectivity index (χ1) is 14.0. The van der Waals surface area contributed by atoms with Crippen molar-refractivity contribution < 1.29 is 13.6 Å². The zero-order chi connectivity index (χ0) is 20.4. The molecule has 6 heteroatoms. The number of piperidine rings is 1. The molecule has 4 rings (SSSR count). The van der Waals surface area contributed by atoms with Gasteiger partial charge in [-0.1, -0.05) is 18.9 Å². The third-order valence-electron chi connectivity index (χ3n) is 6.51. The molecule has 1 amide bonds. The number of allylic oxidation sites excluding steroid dienone is 1. The number of rotatable bonds is 3. The molecular formula is C23H29F2N3O. The van der Waals surface area contributed by atoms with Crippen molar-refractivity contribution >= 4 is 11.6 Å². The van der Waals surface area contributed by atoms with E-state index >= 15 is 0 Å². The quantitative estimate of drug-likeness (QED) is 0.757. The summed E-state index contributed by atoms with van der Waals surface area (Å²) in [7, 11) is 0. The van der Waals surface area contributed by atoms with E-state index < -0.39 is 11.6 Å². The summed E-state index contributed by atoms with van der Waals surface area (Å²) in [6, 6.07) is 4.66. The summed E-state index contributed by atoms with van der Waals surface area (Å²) < 4.78 is 27.7. The topological polar surface area (TPSA) is 35.9 Å². The van der Waals surface area contributed by atoms with E-state index in [0.29, 0.717) is 23.0 Å². The van der Waals surface area contributed by atoms with Gasteiger partial charge in [0, 0.05) is 42.4 Å². The second kappa shape index (κ2) is 8.74. The predicted octanol–water partition coefficient (Wildman–Crippen LogP) is 4.30. The summed E-state index contributed by atoms with van der Waals surface area (Å²) in [4.78, 5) is 22.0. The Morgan fingerprint density at radius 1 is 1.03 bits per heavy atom. The molecule has 0 radical (unpaired) electrons. The van der Waals surface area contributed by atoms with Gasteiger partial charge >= 0.3 is 0 Å². The third kappa shape index (κ3) is 4.27. The van der Waals surface area contributed by atoms with E-state index in [4.69, 9.17) is 0 Å². The maximum atomic E-state index is 14.1. The van der Waals surface area contributed by atoms with Gasteiger partial charge in [-0.15, -0.1) is 0 Å². The summed E-state index contributed by atoms with van der Waals surface area (Å²) >= 11 is 0. The number of nitrogens with zero attached hydrogens (tertiary/aromatic N) is 3. The van der Waals surface area contributed by atoms with Crippen LogP contribution in [0.15, 0.2) is 34.5 Å². The maximum absolute atomic E-state index is 14.1. The minimum absolute atomic E-state index is 0.00706. The molecule has 3 aliphatic heterocycles. The van der Waals surface area contributed by atoms with Crippen LogP contribution in [0.4, 0.5) is 8.78 Å². The average molecular weight is 402 g/mol. The molecule has 1 aromatic rings. The van der Waals surface area contributed by atoms with Gasteiger partial charge in [-0.05, 0) is 57.8 Å². The van der Waals surface area contributed by atoms with E-state index in [1.807, 2.05) is 4.90 Å². The molecular weight excluding hydrogens is 372 g/mol. The Hall–Kier alpha value is -2.08. The maximum Gasteiger partial charge on any atom is 0.252 e. The Morgan fingerprint density at radius 2 is 1.72 bits per heavy atom. The molecule has 29 heavy (non-hydrogen) atoms. The minimum Gasteiger partial charge on any atom is -0.339 e. The van der Waals surface area contributed by atoms with Crippen molar-refractivity contribution in [2.24, 2.45) is 4.99 Å². The lowest BCUT2D eigenvalue weighted by Crippen LogP contribution is -2.47. The molecule has 0 aromatic heterocycles. The zero-order valence-corrected chi connectivity index (χ0v) is 17.1. The van der Waals surface area contributed by atoms with E-state index in [0.717, 1.165) is 32.0 Å². The second-order valence-corrected chi connectivity index (χ2v) is 8.37. The van der Waals surface area contributed by atoms with Crippen molar-refractivity contribution in [2.75, 3.05) is 26.2 Å². The molecule has 0 atom stereocenters. The first-order valence-electron chi connectivity index (χ1n) is 10.8. The number of carbonyl (C=O) groups excluding carboxylic acids is 1. The van der Waals surface area contributed by atoms with Gasteiger partial charge in [-0.25, -0.2) is 8.78 Å². The molecule has 0 saturated carbocycles. The van der Waals surface area contributed by atoms with Crippen molar-refractivity contribution in [3.63, 3.8) is 0 Å². The lowest BCUT2D eigenvalue weighted by molar-refractivity contribution is -0.128. The van der Waals surface area contributed by atoms with Gasteiger partial charge < -0.3 is 9.80 Å². The Bertz CT molecular complexity index is 833. The van der Waals surface area contributed by atoms with E-state index in [-0.39, 0.29) is 17.9 Å². The number of hydrogen-bond acceptors (Lipinski definition) is 3. The number of likely N-dealkylation sites (tertiary alicyclic amines) is 2. The fraction of sp³-hybridized carbons (Fsp3) is 0.565. The molecule has 3 heterocycles. The number of amides is 1. The van der Waals surface area contributed by atoms with E-state index in [9.17, 15) is 13.6 Å². The van der Waals surface area contributed by atoms with Gasteiger partial charge in [0.05, 0.1) is 5.71 Å². The van der Waals surface area contributed by atoms with Crippen LogP contribution in [0, 0.1) is 11.6 Å². The van der Waals surface area contributed by atoms with Gasteiger partial charge in [0.25, 0.3) is 5.91 Å². The fourth-order valence-corrected chi connectivity index (χ4v) is 4.80. The summed E-state index contributed by atoms with van der Waals surface area (Å²) in [5.41, 5.74) is 1.80. The Balaban J connectivity index is 1.37. The van der Waals surface area contributed by atoms with Crippen molar-refractivity contribution in [1.82, 2.24) is 9.80 Å². The van der Waals surface area contributed by atoms with Crippen LogP contribution in [-0.2, 0) is 4.79 Å². The van der Waals surface area contributed by atoms with Gasteiger partial charge in [0.15, 0.2) is 11.6 Å². The molecule has 2 saturated heterocycles. The minimum atomic E-state index is -0.897. The van der Waals surface area contributed by atoms with E-state index in [2.05, 4.69) is 9.89 Å². The van der Waals surface area contributed by atoms with Crippen molar-refractivity contribution in [3.05, 3.63) is 46.7 Å². The second-order valence-electron chi connectivity index (χ2n) is 8.37. The summed E-state index contributed by atoms with van der Waals surface area (Å²) in [5, 5.41) is 0. The van der Waals surface area contributed by atoms with Crippen LogP contribution in [0.1, 0.15) is 57.4 Å². The molecule has 0 aliphatic carbocycles. The number of carbonyl (C=O) groups is 1. The Labute approximate surface area is 171 Å². The van der Waals surface area contributed by atoms with Gasteiger partial charge in [-0.2, -0.15) is 0 Å². The SMILES string of the molecule is CC1=C(C(=O)N2CCC(N3CCCCCC3)CC2)CC(c2cccc(F)c2F)=N1. The lowest BCUT2D eigenvalue weighted by atomic mass is 9.99. The Morgan fingerprint density at radius 3 is 2.41 bits per heavy atom. The van der Waals surface area contributed by atoms with Crippen LogP contribution in [0.5, 0.6) is 0 Å². The molecule has 0 spiro atoms. The predicted molar refractivity (Wildman–Crippen MR) is 110 cm³/mol. The molecule has 156 valence electrons. The average Bonchev–Trinajstić information content (AvgIpc) is 2.93. The molecule has 0 unspecified atom stereocenters. The summed E-state index contributed by atoms with van der Waals surface area (Å²) in [5.74, 6) is -1.79. The summed E-state index contributed by atoms with van der Waals surface area (Å²) in [6.45, 7) is 5.64. The third-order valence-corrected chi connectivity index (χ3v) is 6.51. The Kier molecular flexibility index (Phi) is 6.09. The molecule has 2 fully saturated rings. The van der Waals surface area contributed by atoms with E-state index in [1.165, 1.54) is 50.9 Å².